The number of nitrogens with one attached hydrogen (secondary N) is 1. The Hall–Kier alpha value is -2.77. The maximum Gasteiger partial charge on any atom is 0.417 e. The molecule has 1 aromatic carbocycles. The number of carbonyl (C=O) groups is 1. The molecule has 2 rings (SSSR count). The molecule has 0 radical (unpaired) electrons. The number of hydrogen-bond acceptors (Lipinski definition) is 4. The third kappa shape index (κ3) is 3.41. The van der Waals surface area contributed by atoms with Crippen molar-refractivity contribution in [2.45, 2.75) is 6.18 Å². The van der Waals surface area contributed by atoms with Gasteiger partial charge < -0.3 is 16.2 Å². The molecule has 8 heteroatoms. The van der Waals surface area contributed by atoms with Crippen LogP contribution in [0.5, 0.6) is 5.75 Å². The first-order valence-corrected chi connectivity index (χ1v) is 5.70. The molecule has 110 valence electrons. The third-order valence-corrected chi connectivity index (χ3v) is 2.61. The van der Waals surface area contributed by atoms with E-state index in [4.69, 9.17) is 5.73 Å². The van der Waals surface area contributed by atoms with Gasteiger partial charge in [0.1, 0.15) is 11.4 Å². The van der Waals surface area contributed by atoms with Gasteiger partial charge in [0.25, 0.3) is 5.91 Å². The molecule has 0 aliphatic heterocycles. The maximum absolute atomic E-state index is 12.4. The summed E-state index contributed by atoms with van der Waals surface area (Å²) in [7, 11) is 0. The van der Waals surface area contributed by atoms with Gasteiger partial charge in [0.05, 0.1) is 16.9 Å². The SMILES string of the molecule is Nc1cc(O)ccc1NC(=O)c1ccc(C(F)(F)F)cn1. The molecule has 0 bridgehead atoms. The number of alkyl halides is 3. The summed E-state index contributed by atoms with van der Waals surface area (Å²) >= 11 is 0. The Morgan fingerprint density at radius 2 is 1.95 bits per heavy atom. The fourth-order valence-corrected chi connectivity index (χ4v) is 1.55. The number of carbonyl (C=O) groups excluding carboxylic acids is 1. The molecule has 0 atom stereocenters. The number of nitrogens with zero attached hydrogens (tertiary/aromatic N) is 1. The smallest absolute Gasteiger partial charge is 0.417 e. The molecule has 0 unspecified atom stereocenters. The molecule has 2 aromatic rings. The van der Waals surface area contributed by atoms with E-state index in [9.17, 15) is 23.1 Å². The summed E-state index contributed by atoms with van der Waals surface area (Å²) in [6, 6.07) is 5.64. The van der Waals surface area contributed by atoms with Crippen molar-refractivity contribution in [2.24, 2.45) is 0 Å². The van der Waals surface area contributed by atoms with E-state index >= 15 is 0 Å². The molecule has 1 amide bonds. The molecule has 0 aliphatic carbocycles. The Labute approximate surface area is 117 Å². The van der Waals surface area contributed by atoms with Crippen LogP contribution in [0, 0.1) is 0 Å². The lowest BCUT2D eigenvalue weighted by Gasteiger charge is -2.09. The number of anilines is 2. The van der Waals surface area contributed by atoms with Gasteiger partial charge in [0, 0.05) is 12.3 Å². The standard InChI is InChI=1S/C13H10F3N3O2/c14-13(15,16)7-1-3-11(18-6-7)12(21)19-10-4-2-8(20)5-9(10)17/h1-6,20H,17H2,(H,19,21). The van der Waals surface area contributed by atoms with Gasteiger partial charge in [0.15, 0.2) is 0 Å². The van der Waals surface area contributed by atoms with Crippen LogP contribution >= 0.6 is 0 Å². The molecule has 1 heterocycles. The van der Waals surface area contributed by atoms with Crippen molar-refractivity contribution in [1.82, 2.24) is 4.98 Å². The molecule has 4 N–H and O–H groups in total. The zero-order valence-electron chi connectivity index (χ0n) is 10.5. The number of nitrogens with two attached hydrogens (primary N) is 1. The first-order chi connectivity index (χ1) is 9.77. The predicted molar refractivity (Wildman–Crippen MR) is 69.7 cm³/mol. The van der Waals surface area contributed by atoms with Crippen LogP contribution in [0.4, 0.5) is 24.5 Å². The average Bonchev–Trinajstić information content (AvgIpc) is 2.41. The molecule has 21 heavy (non-hydrogen) atoms. The topological polar surface area (TPSA) is 88.2 Å². The monoisotopic (exact) mass is 297 g/mol. The summed E-state index contributed by atoms with van der Waals surface area (Å²) in [6.07, 6.45) is -3.93. The van der Waals surface area contributed by atoms with Gasteiger partial charge in [-0.15, -0.1) is 0 Å². The first-order valence-electron chi connectivity index (χ1n) is 5.70. The highest BCUT2D eigenvalue weighted by Gasteiger charge is 2.30. The van der Waals surface area contributed by atoms with Crippen LogP contribution in [-0.2, 0) is 6.18 Å². The number of aromatic nitrogens is 1. The number of pyridine rings is 1. The zero-order valence-corrected chi connectivity index (χ0v) is 10.5. The Morgan fingerprint density at radius 3 is 2.48 bits per heavy atom. The van der Waals surface area contributed by atoms with Crippen LogP contribution in [0.25, 0.3) is 0 Å². The Morgan fingerprint density at radius 1 is 1.24 bits per heavy atom. The van der Waals surface area contributed by atoms with Crippen molar-refractivity contribution in [1.29, 1.82) is 0 Å². The molecule has 0 saturated heterocycles. The summed E-state index contributed by atoms with van der Waals surface area (Å²) in [4.78, 5) is 15.3. The molecule has 0 fully saturated rings. The van der Waals surface area contributed by atoms with Gasteiger partial charge in [-0.3, -0.25) is 9.78 Å². The van der Waals surface area contributed by atoms with Crippen molar-refractivity contribution < 1.29 is 23.1 Å². The Balaban J connectivity index is 2.17. The second-order valence-corrected chi connectivity index (χ2v) is 4.16. The molecule has 5 nitrogen and oxygen atoms in total. The highest BCUT2D eigenvalue weighted by atomic mass is 19.4. The number of rotatable bonds is 2. The quantitative estimate of drug-likeness (QED) is 0.587. The fraction of sp³-hybridized carbons (Fsp3) is 0.0769. The second-order valence-electron chi connectivity index (χ2n) is 4.16. The predicted octanol–water partition coefficient (Wildman–Crippen LogP) is 2.64. The number of halogens is 3. The van der Waals surface area contributed by atoms with E-state index in [1.807, 2.05) is 0 Å². The number of hydrogen-bond donors (Lipinski definition) is 3. The molecular weight excluding hydrogens is 287 g/mol. The number of benzene rings is 1. The second kappa shape index (κ2) is 5.31. The first kappa shape index (κ1) is 14.6. The highest BCUT2D eigenvalue weighted by molar-refractivity contribution is 6.04. The van der Waals surface area contributed by atoms with Gasteiger partial charge in [-0.05, 0) is 24.3 Å². The minimum atomic E-state index is -4.51. The summed E-state index contributed by atoms with van der Waals surface area (Å²) in [5.41, 5.74) is 4.80. The van der Waals surface area contributed by atoms with E-state index in [1.165, 1.54) is 18.2 Å². The van der Waals surface area contributed by atoms with Crippen molar-refractivity contribution in [3.05, 3.63) is 47.8 Å². The average molecular weight is 297 g/mol. The van der Waals surface area contributed by atoms with Crippen LogP contribution < -0.4 is 11.1 Å². The fourth-order valence-electron chi connectivity index (χ4n) is 1.55. The summed E-state index contributed by atoms with van der Waals surface area (Å²) in [5, 5.41) is 11.6. The normalized spacial score (nSPS) is 11.2. The summed E-state index contributed by atoms with van der Waals surface area (Å²) < 4.78 is 37.1. The van der Waals surface area contributed by atoms with E-state index in [1.54, 1.807) is 0 Å². The number of aromatic hydroxyl groups is 1. The van der Waals surface area contributed by atoms with E-state index in [0.29, 0.717) is 6.20 Å². The number of amides is 1. The minimum Gasteiger partial charge on any atom is -0.508 e. The lowest BCUT2D eigenvalue weighted by atomic mass is 10.2. The maximum atomic E-state index is 12.4. The van der Waals surface area contributed by atoms with Gasteiger partial charge in [0.2, 0.25) is 0 Å². The van der Waals surface area contributed by atoms with Crippen LogP contribution in [0.15, 0.2) is 36.5 Å². The van der Waals surface area contributed by atoms with E-state index in [2.05, 4.69) is 10.3 Å². The number of nitrogen functional groups attached to an aromatic ring is 1. The van der Waals surface area contributed by atoms with Gasteiger partial charge in [-0.25, -0.2) is 0 Å². The molecule has 0 saturated carbocycles. The van der Waals surface area contributed by atoms with Crippen LogP contribution in [0.3, 0.4) is 0 Å². The van der Waals surface area contributed by atoms with Crippen molar-refractivity contribution >= 4 is 17.3 Å². The van der Waals surface area contributed by atoms with E-state index < -0.39 is 17.6 Å². The van der Waals surface area contributed by atoms with Crippen LogP contribution in [-0.4, -0.2) is 16.0 Å². The summed E-state index contributed by atoms with van der Waals surface area (Å²) in [5.74, 6) is -0.778. The minimum absolute atomic E-state index is 0.0712. The Kier molecular flexibility index (Phi) is 3.70. The third-order valence-electron chi connectivity index (χ3n) is 2.61. The largest absolute Gasteiger partial charge is 0.508 e. The van der Waals surface area contributed by atoms with Crippen LogP contribution in [0.1, 0.15) is 16.1 Å². The van der Waals surface area contributed by atoms with Crippen molar-refractivity contribution in [3.63, 3.8) is 0 Å². The van der Waals surface area contributed by atoms with Crippen LogP contribution in [0.2, 0.25) is 0 Å². The molecule has 0 aliphatic rings. The lowest BCUT2D eigenvalue weighted by Crippen LogP contribution is -2.15. The molecular formula is C13H10F3N3O2. The van der Waals surface area contributed by atoms with Gasteiger partial charge in [-0.1, -0.05) is 0 Å². The zero-order chi connectivity index (χ0) is 15.6. The lowest BCUT2D eigenvalue weighted by molar-refractivity contribution is -0.137. The molecule has 0 spiro atoms. The summed E-state index contributed by atoms with van der Waals surface area (Å²) in [6.45, 7) is 0. The molecule has 1 aromatic heterocycles. The van der Waals surface area contributed by atoms with E-state index in [0.717, 1.165) is 12.1 Å². The van der Waals surface area contributed by atoms with Crippen molar-refractivity contribution in [3.8, 4) is 5.75 Å². The number of phenols is 1. The Bertz CT molecular complexity index is 669. The van der Waals surface area contributed by atoms with E-state index in [-0.39, 0.29) is 22.8 Å². The highest BCUT2D eigenvalue weighted by Crippen LogP contribution is 2.28. The van der Waals surface area contributed by atoms with Gasteiger partial charge >= 0.3 is 6.18 Å². The van der Waals surface area contributed by atoms with Gasteiger partial charge in [-0.2, -0.15) is 13.2 Å². The number of phenolic OH excluding ortho intramolecular Hbond substituents is 1. The van der Waals surface area contributed by atoms with Crippen molar-refractivity contribution in [2.75, 3.05) is 11.1 Å².